The van der Waals surface area contributed by atoms with E-state index in [1.54, 1.807) is 12.1 Å². The molecule has 0 radical (unpaired) electrons. The van der Waals surface area contributed by atoms with Gasteiger partial charge in [0.1, 0.15) is 11.5 Å². The third-order valence-corrected chi connectivity index (χ3v) is 3.13. The molecule has 0 spiro atoms. The minimum absolute atomic E-state index is 0.0732. The van der Waals surface area contributed by atoms with E-state index in [0.29, 0.717) is 17.3 Å². The van der Waals surface area contributed by atoms with Crippen LogP contribution in [0.2, 0.25) is 5.02 Å². The first-order valence-corrected chi connectivity index (χ1v) is 6.50. The van der Waals surface area contributed by atoms with Crippen LogP contribution in [0.1, 0.15) is 17.3 Å². The van der Waals surface area contributed by atoms with Crippen LogP contribution in [0.5, 0.6) is 11.5 Å². The summed E-state index contributed by atoms with van der Waals surface area (Å²) in [5.41, 5.74) is 0.680. The van der Waals surface area contributed by atoms with Gasteiger partial charge in [0.15, 0.2) is 0 Å². The Balaban J connectivity index is 2.41. The second-order valence-electron chi connectivity index (χ2n) is 4.23. The molecule has 2 aromatic rings. The number of hydrogen-bond acceptors (Lipinski definition) is 3. The van der Waals surface area contributed by atoms with Crippen LogP contribution in [0.25, 0.3) is 0 Å². The van der Waals surface area contributed by atoms with Crippen molar-refractivity contribution in [2.75, 3.05) is 11.4 Å². The summed E-state index contributed by atoms with van der Waals surface area (Å²) in [6, 6.07) is 10.7. The number of carbonyl (C=O) groups excluding carboxylic acids is 1. The first-order valence-electron chi connectivity index (χ1n) is 6.12. The lowest BCUT2D eigenvalue weighted by Crippen LogP contribution is -2.30. The number of phenols is 2. The Morgan fingerprint density at radius 2 is 1.95 bits per heavy atom. The fourth-order valence-corrected chi connectivity index (χ4v) is 2.10. The molecule has 0 atom stereocenters. The van der Waals surface area contributed by atoms with E-state index in [0.717, 1.165) is 0 Å². The van der Waals surface area contributed by atoms with Crippen LogP contribution in [0.3, 0.4) is 0 Å². The van der Waals surface area contributed by atoms with Crippen molar-refractivity contribution in [3.05, 3.63) is 53.1 Å². The molecule has 104 valence electrons. The number of phenolic OH excluding ortho intramolecular Hbond substituents is 2. The highest BCUT2D eigenvalue weighted by Gasteiger charge is 2.19. The molecule has 4 nitrogen and oxygen atoms in total. The molecule has 0 aliphatic rings. The number of hydrogen-bond donors (Lipinski definition) is 2. The standard InChI is InChI=1S/C15H14ClNO3/c1-2-17(11-4-3-5-12(18)9-11)15(20)13-8-10(16)6-7-14(13)19/h3-9,18-19H,2H2,1H3. The summed E-state index contributed by atoms with van der Waals surface area (Å²) in [6.07, 6.45) is 0. The minimum Gasteiger partial charge on any atom is -0.508 e. The predicted molar refractivity (Wildman–Crippen MR) is 78.6 cm³/mol. The molecule has 0 aliphatic heterocycles. The van der Waals surface area contributed by atoms with Gasteiger partial charge in [0.05, 0.1) is 5.56 Å². The Bertz CT molecular complexity index is 643. The number of aromatic hydroxyl groups is 2. The van der Waals surface area contributed by atoms with Gasteiger partial charge >= 0.3 is 0 Å². The van der Waals surface area contributed by atoms with Gasteiger partial charge in [0, 0.05) is 23.3 Å². The lowest BCUT2D eigenvalue weighted by Gasteiger charge is -2.21. The summed E-state index contributed by atoms with van der Waals surface area (Å²) in [7, 11) is 0. The van der Waals surface area contributed by atoms with Gasteiger partial charge in [-0.15, -0.1) is 0 Å². The third kappa shape index (κ3) is 2.86. The van der Waals surface area contributed by atoms with Crippen molar-refractivity contribution >= 4 is 23.2 Å². The van der Waals surface area contributed by atoms with Crippen molar-refractivity contribution in [2.45, 2.75) is 6.92 Å². The highest BCUT2D eigenvalue weighted by molar-refractivity contribution is 6.31. The average molecular weight is 292 g/mol. The number of benzene rings is 2. The van der Waals surface area contributed by atoms with Gasteiger partial charge < -0.3 is 15.1 Å². The Morgan fingerprint density at radius 3 is 2.60 bits per heavy atom. The van der Waals surface area contributed by atoms with E-state index in [4.69, 9.17) is 11.6 Å². The molecule has 5 heteroatoms. The van der Waals surface area contributed by atoms with Crippen molar-refractivity contribution in [3.63, 3.8) is 0 Å². The highest BCUT2D eigenvalue weighted by atomic mass is 35.5. The van der Waals surface area contributed by atoms with Crippen LogP contribution in [-0.4, -0.2) is 22.7 Å². The molecule has 2 rings (SSSR count). The minimum atomic E-state index is -0.377. The fourth-order valence-electron chi connectivity index (χ4n) is 1.93. The van der Waals surface area contributed by atoms with Crippen LogP contribution in [0, 0.1) is 0 Å². The number of halogens is 1. The van der Waals surface area contributed by atoms with E-state index < -0.39 is 0 Å². The molecular weight excluding hydrogens is 278 g/mol. The van der Waals surface area contributed by atoms with Crippen molar-refractivity contribution in [1.82, 2.24) is 0 Å². The van der Waals surface area contributed by atoms with E-state index in [-0.39, 0.29) is 23.0 Å². The number of nitrogens with zero attached hydrogens (tertiary/aromatic N) is 1. The summed E-state index contributed by atoms with van der Waals surface area (Å²) >= 11 is 5.86. The van der Waals surface area contributed by atoms with Crippen molar-refractivity contribution in [3.8, 4) is 11.5 Å². The van der Waals surface area contributed by atoms with Gasteiger partial charge in [0.2, 0.25) is 0 Å². The maximum Gasteiger partial charge on any atom is 0.262 e. The van der Waals surface area contributed by atoms with E-state index >= 15 is 0 Å². The Kier molecular flexibility index (Phi) is 4.15. The molecule has 0 fully saturated rings. The predicted octanol–water partition coefficient (Wildman–Crippen LogP) is 3.42. The summed E-state index contributed by atoms with van der Waals surface area (Å²) in [5.74, 6) is -0.430. The highest BCUT2D eigenvalue weighted by Crippen LogP contribution is 2.26. The summed E-state index contributed by atoms with van der Waals surface area (Å²) in [5, 5.41) is 19.7. The van der Waals surface area contributed by atoms with Crippen LogP contribution < -0.4 is 4.90 Å². The zero-order chi connectivity index (χ0) is 14.7. The fraction of sp³-hybridized carbons (Fsp3) is 0.133. The SMILES string of the molecule is CCN(C(=O)c1cc(Cl)ccc1O)c1cccc(O)c1. The molecule has 0 unspecified atom stereocenters. The first kappa shape index (κ1) is 14.2. The van der Waals surface area contributed by atoms with Crippen LogP contribution in [0.15, 0.2) is 42.5 Å². The van der Waals surface area contributed by atoms with Gasteiger partial charge in [-0.25, -0.2) is 0 Å². The quantitative estimate of drug-likeness (QED) is 0.911. The first-order chi connectivity index (χ1) is 9.52. The summed E-state index contributed by atoms with van der Waals surface area (Å²) in [4.78, 5) is 13.9. The van der Waals surface area contributed by atoms with Crippen molar-refractivity contribution in [2.24, 2.45) is 0 Å². The molecule has 20 heavy (non-hydrogen) atoms. The largest absolute Gasteiger partial charge is 0.508 e. The van der Waals surface area contributed by atoms with Gasteiger partial charge in [-0.2, -0.15) is 0 Å². The van der Waals surface area contributed by atoms with E-state index in [2.05, 4.69) is 0 Å². The smallest absolute Gasteiger partial charge is 0.262 e. The molecule has 1 amide bonds. The second kappa shape index (κ2) is 5.84. The Morgan fingerprint density at radius 1 is 1.20 bits per heavy atom. The van der Waals surface area contributed by atoms with Crippen molar-refractivity contribution in [1.29, 1.82) is 0 Å². The molecule has 2 aromatic carbocycles. The molecule has 0 aromatic heterocycles. The lowest BCUT2D eigenvalue weighted by atomic mass is 10.1. The zero-order valence-electron chi connectivity index (χ0n) is 10.9. The zero-order valence-corrected chi connectivity index (χ0v) is 11.6. The normalized spacial score (nSPS) is 10.3. The van der Waals surface area contributed by atoms with Gasteiger partial charge in [0.25, 0.3) is 5.91 Å². The van der Waals surface area contributed by atoms with Gasteiger partial charge in [-0.05, 0) is 37.3 Å². The molecule has 0 heterocycles. The van der Waals surface area contributed by atoms with Crippen LogP contribution in [0.4, 0.5) is 5.69 Å². The topological polar surface area (TPSA) is 60.8 Å². The Labute approximate surface area is 121 Å². The maximum absolute atomic E-state index is 12.5. The number of rotatable bonds is 3. The third-order valence-electron chi connectivity index (χ3n) is 2.89. The number of carbonyl (C=O) groups is 1. The molecule has 0 saturated carbocycles. The lowest BCUT2D eigenvalue weighted by molar-refractivity contribution is 0.0986. The Hall–Kier alpha value is -2.20. The van der Waals surface area contributed by atoms with Crippen molar-refractivity contribution < 1.29 is 15.0 Å². The molecular formula is C15H14ClNO3. The summed E-state index contributed by atoms with van der Waals surface area (Å²) in [6.45, 7) is 2.21. The molecule has 0 saturated heterocycles. The maximum atomic E-state index is 12.5. The second-order valence-corrected chi connectivity index (χ2v) is 4.67. The van der Waals surface area contributed by atoms with Gasteiger partial charge in [-0.1, -0.05) is 17.7 Å². The average Bonchev–Trinajstić information content (AvgIpc) is 2.42. The molecule has 0 bridgehead atoms. The summed E-state index contributed by atoms with van der Waals surface area (Å²) < 4.78 is 0. The number of amides is 1. The molecule has 2 N–H and O–H groups in total. The van der Waals surface area contributed by atoms with E-state index in [9.17, 15) is 15.0 Å². The molecule has 0 aliphatic carbocycles. The van der Waals surface area contributed by atoms with Gasteiger partial charge in [-0.3, -0.25) is 4.79 Å². The monoisotopic (exact) mass is 291 g/mol. The van der Waals surface area contributed by atoms with Crippen LogP contribution in [-0.2, 0) is 0 Å². The number of anilines is 1. The van der Waals surface area contributed by atoms with E-state index in [1.165, 1.54) is 35.2 Å². The van der Waals surface area contributed by atoms with E-state index in [1.807, 2.05) is 6.92 Å². The van der Waals surface area contributed by atoms with Crippen LogP contribution >= 0.6 is 11.6 Å².